The highest BCUT2D eigenvalue weighted by Crippen LogP contribution is 2.41. The van der Waals surface area contributed by atoms with E-state index in [0.717, 1.165) is 12.8 Å². The zero-order chi connectivity index (χ0) is 23.8. The monoisotopic (exact) mass is 490 g/mol. The zero-order valence-corrected chi connectivity index (χ0v) is 19.1. The van der Waals surface area contributed by atoms with Crippen LogP contribution in [0.3, 0.4) is 0 Å². The number of carbonyl (C=O) groups is 1. The molecule has 11 heteroatoms. The van der Waals surface area contributed by atoms with Crippen molar-refractivity contribution in [2.24, 2.45) is 10.9 Å². The summed E-state index contributed by atoms with van der Waals surface area (Å²) in [5.74, 6) is 0.539. The number of hydroxylamine groups is 2. The number of carbonyl (C=O) groups excluding carboxylic acids is 1. The molecule has 2 aromatic carbocycles. The SMILES string of the molecule is NC(=O)N(O)C1CCCC(c2nc(-c3ccccc3S(N)(=O)=O)c(-c3ccc(Cl)cc3)o2)C1. The van der Waals surface area contributed by atoms with Crippen molar-refractivity contribution in [3.63, 3.8) is 0 Å². The first-order valence-corrected chi connectivity index (χ1v) is 12.2. The molecule has 9 nitrogen and oxygen atoms in total. The molecule has 0 bridgehead atoms. The Labute approximate surface area is 196 Å². The fraction of sp³-hybridized carbons (Fsp3) is 0.273. The average molecular weight is 491 g/mol. The van der Waals surface area contributed by atoms with Crippen molar-refractivity contribution in [1.82, 2.24) is 10.0 Å². The number of oxazole rings is 1. The number of primary amides is 1. The van der Waals surface area contributed by atoms with Gasteiger partial charge in [0.15, 0.2) is 11.7 Å². The summed E-state index contributed by atoms with van der Waals surface area (Å²) in [6, 6.07) is 11.8. The van der Waals surface area contributed by atoms with Gasteiger partial charge in [0.2, 0.25) is 10.0 Å². The largest absolute Gasteiger partial charge is 0.440 e. The molecule has 0 radical (unpaired) electrons. The maximum absolute atomic E-state index is 12.2. The van der Waals surface area contributed by atoms with Crippen LogP contribution in [-0.2, 0) is 10.0 Å². The number of nitrogens with two attached hydrogens (primary N) is 2. The van der Waals surface area contributed by atoms with Gasteiger partial charge in [-0.2, -0.15) is 0 Å². The third-order valence-corrected chi connectivity index (χ3v) is 6.99. The predicted octanol–water partition coefficient (Wildman–Crippen LogP) is 4.11. The van der Waals surface area contributed by atoms with Gasteiger partial charge in [0, 0.05) is 22.1 Å². The van der Waals surface area contributed by atoms with Crippen LogP contribution < -0.4 is 10.9 Å². The number of primary sulfonamides is 1. The first-order chi connectivity index (χ1) is 15.6. The number of benzene rings is 2. The van der Waals surface area contributed by atoms with Crippen LogP contribution in [0.2, 0.25) is 5.02 Å². The second kappa shape index (κ2) is 9.14. The van der Waals surface area contributed by atoms with Gasteiger partial charge >= 0.3 is 6.03 Å². The molecule has 1 saturated carbocycles. The third-order valence-electron chi connectivity index (χ3n) is 5.77. The molecule has 2 atom stereocenters. The Kier molecular flexibility index (Phi) is 6.44. The summed E-state index contributed by atoms with van der Waals surface area (Å²) in [5.41, 5.74) is 6.52. The van der Waals surface area contributed by atoms with Gasteiger partial charge in [-0.05, 0) is 49.6 Å². The van der Waals surface area contributed by atoms with Crippen molar-refractivity contribution in [3.8, 4) is 22.6 Å². The minimum Gasteiger partial charge on any atom is -0.440 e. The Balaban J connectivity index is 1.82. The summed E-state index contributed by atoms with van der Waals surface area (Å²) < 4.78 is 30.7. The lowest BCUT2D eigenvalue weighted by Crippen LogP contribution is -2.43. The van der Waals surface area contributed by atoms with E-state index in [9.17, 15) is 18.4 Å². The van der Waals surface area contributed by atoms with Crippen LogP contribution in [0.25, 0.3) is 22.6 Å². The Morgan fingerprint density at radius 3 is 2.52 bits per heavy atom. The Hall–Kier alpha value is -2.92. The van der Waals surface area contributed by atoms with Gasteiger partial charge in [-0.25, -0.2) is 28.4 Å². The van der Waals surface area contributed by atoms with Gasteiger partial charge in [0.25, 0.3) is 0 Å². The normalized spacial score (nSPS) is 18.8. The van der Waals surface area contributed by atoms with E-state index >= 15 is 0 Å². The lowest BCUT2D eigenvalue weighted by atomic mass is 9.85. The van der Waals surface area contributed by atoms with Crippen molar-refractivity contribution >= 4 is 27.7 Å². The molecule has 1 aromatic heterocycles. The third kappa shape index (κ3) is 4.88. The van der Waals surface area contributed by atoms with E-state index in [1.54, 1.807) is 42.5 Å². The van der Waals surface area contributed by atoms with Crippen LogP contribution in [-0.4, -0.2) is 35.7 Å². The lowest BCUT2D eigenvalue weighted by Gasteiger charge is -2.31. The van der Waals surface area contributed by atoms with Crippen molar-refractivity contribution in [3.05, 3.63) is 59.4 Å². The number of halogens is 1. The van der Waals surface area contributed by atoms with Gasteiger partial charge in [-0.3, -0.25) is 5.21 Å². The zero-order valence-electron chi connectivity index (χ0n) is 17.5. The number of sulfonamides is 1. The predicted molar refractivity (Wildman–Crippen MR) is 122 cm³/mol. The van der Waals surface area contributed by atoms with E-state index in [1.807, 2.05) is 0 Å². The molecular weight excluding hydrogens is 468 g/mol. The molecule has 174 valence electrons. The first-order valence-electron chi connectivity index (χ1n) is 10.3. The topological polar surface area (TPSA) is 153 Å². The summed E-state index contributed by atoms with van der Waals surface area (Å²) in [6.45, 7) is 0. The molecule has 0 saturated heterocycles. The summed E-state index contributed by atoms with van der Waals surface area (Å²) in [6.07, 6.45) is 2.44. The van der Waals surface area contributed by atoms with Crippen molar-refractivity contribution in [2.45, 2.75) is 42.5 Å². The van der Waals surface area contributed by atoms with E-state index < -0.39 is 22.1 Å². The van der Waals surface area contributed by atoms with E-state index in [2.05, 4.69) is 4.98 Å². The molecule has 5 N–H and O–H groups in total. The van der Waals surface area contributed by atoms with E-state index in [-0.39, 0.29) is 10.8 Å². The summed E-state index contributed by atoms with van der Waals surface area (Å²) in [5, 5.41) is 16.5. The number of nitrogens with zero attached hydrogens (tertiary/aromatic N) is 2. The van der Waals surface area contributed by atoms with Crippen LogP contribution in [0.5, 0.6) is 0 Å². The molecule has 1 heterocycles. The summed E-state index contributed by atoms with van der Waals surface area (Å²) in [4.78, 5) is 16.0. The van der Waals surface area contributed by atoms with Gasteiger partial charge < -0.3 is 10.2 Å². The highest BCUT2D eigenvalue weighted by molar-refractivity contribution is 7.89. The van der Waals surface area contributed by atoms with E-state index in [0.29, 0.717) is 51.4 Å². The number of hydrogen-bond donors (Lipinski definition) is 3. The molecule has 0 aliphatic heterocycles. The second-order valence-electron chi connectivity index (χ2n) is 7.98. The Morgan fingerprint density at radius 1 is 1.15 bits per heavy atom. The number of urea groups is 1. The van der Waals surface area contributed by atoms with Crippen molar-refractivity contribution in [2.75, 3.05) is 0 Å². The van der Waals surface area contributed by atoms with Crippen molar-refractivity contribution in [1.29, 1.82) is 0 Å². The van der Waals surface area contributed by atoms with Gasteiger partial charge in [0.1, 0.15) is 5.69 Å². The van der Waals surface area contributed by atoms with Crippen LogP contribution in [0, 0.1) is 0 Å². The average Bonchev–Trinajstić information content (AvgIpc) is 3.24. The molecular formula is C22H23ClN4O5S. The van der Waals surface area contributed by atoms with Crippen LogP contribution >= 0.6 is 11.6 Å². The fourth-order valence-corrected chi connectivity index (χ4v) is 5.06. The van der Waals surface area contributed by atoms with Crippen LogP contribution in [0.4, 0.5) is 4.79 Å². The molecule has 2 unspecified atom stereocenters. The number of amides is 2. The fourth-order valence-electron chi connectivity index (χ4n) is 4.19. The summed E-state index contributed by atoms with van der Waals surface area (Å²) in [7, 11) is -4.03. The minimum absolute atomic E-state index is 0.0724. The lowest BCUT2D eigenvalue weighted by molar-refractivity contribution is -0.0865. The molecule has 3 aromatic rings. The Morgan fingerprint density at radius 2 is 1.85 bits per heavy atom. The maximum Gasteiger partial charge on any atom is 0.338 e. The van der Waals surface area contributed by atoms with Gasteiger partial charge in [0.05, 0.1) is 10.9 Å². The Bertz CT molecular complexity index is 1280. The number of hydrogen-bond acceptors (Lipinski definition) is 6. The molecule has 1 aliphatic carbocycles. The molecule has 4 rings (SSSR count). The minimum atomic E-state index is -4.03. The van der Waals surface area contributed by atoms with Gasteiger partial charge in [-0.1, -0.05) is 36.2 Å². The molecule has 1 fully saturated rings. The number of rotatable bonds is 5. The quantitative estimate of drug-likeness (QED) is 0.361. The standard InChI is InChI=1S/C22H23ClN4O5S/c23-15-10-8-13(9-11-15)20-19(17-6-1-2-7-18(17)33(25,30)31)26-21(32-20)14-4-3-5-16(12-14)27(29)22(24)28/h1-2,6-11,14,16,29H,3-5,12H2,(H2,24,28)(H2,25,30,31). The maximum atomic E-state index is 12.2. The molecule has 2 amide bonds. The highest BCUT2D eigenvalue weighted by atomic mass is 35.5. The molecule has 33 heavy (non-hydrogen) atoms. The second-order valence-corrected chi connectivity index (χ2v) is 9.94. The summed E-state index contributed by atoms with van der Waals surface area (Å²) >= 11 is 6.03. The first kappa shape index (κ1) is 23.2. The van der Waals surface area contributed by atoms with Crippen molar-refractivity contribution < 1.29 is 22.8 Å². The number of aromatic nitrogens is 1. The van der Waals surface area contributed by atoms with Gasteiger partial charge in [-0.15, -0.1) is 0 Å². The molecule has 1 aliphatic rings. The van der Waals surface area contributed by atoms with Crippen LogP contribution in [0.15, 0.2) is 57.8 Å². The highest BCUT2D eigenvalue weighted by Gasteiger charge is 2.33. The smallest absolute Gasteiger partial charge is 0.338 e. The molecule has 0 spiro atoms. The van der Waals surface area contributed by atoms with E-state index in [1.165, 1.54) is 6.07 Å². The van der Waals surface area contributed by atoms with E-state index in [4.69, 9.17) is 26.9 Å². The van der Waals surface area contributed by atoms with Crippen LogP contribution in [0.1, 0.15) is 37.5 Å².